The highest BCUT2D eigenvalue weighted by atomic mass is 19.1. The number of carboxylic acid groups (broad SMARTS) is 1. The van der Waals surface area contributed by atoms with Crippen LogP contribution in [0.5, 0.6) is 0 Å². The third-order valence-corrected chi connectivity index (χ3v) is 6.78. The fourth-order valence-corrected chi connectivity index (χ4v) is 6.36. The number of rotatable bonds is 3. The van der Waals surface area contributed by atoms with Crippen LogP contribution in [0.2, 0.25) is 0 Å². The number of hydrogen-bond acceptors (Lipinski definition) is 1. The van der Waals surface area contributed by atoms with Crippen LogP contribution in [-0.2, 0) is 10.2 Å². The molecule has 4 fully saturated rings. The second-order valence-corrected chi connectivity index (χ2v) is 8.27. The molecule has 5 rings (SSSR count). The van der Waals surface area contributed by atoms with E-state index >= 15 is 0 Å². The second kappa shape index (κ2) is 4.56. The number of benzene rings is 1. The Balaban J connectivity index is 1.82. The van der Waals surface area contributed by atoms with Crippen molar-refractivity contribution in [1.82, 2.24) is 0 Å². The highest BCUT2D eigenvalue weighted by Crippen LogP contribution is 2.68. The van der Waals surface area contributed by atoms with Gasteiger partial charge in [0.15, 0.2) is 0 Å². The monoisotopic (exact) mass is 302 g/mol. The lowest BCUT2D eigenvalue weighted by Crippen LogP contribution is -2.59. The molecule has 4 saturated carbocycles. The summed E-state index contributed by atoms with van der Waals surface area (Å²) in [6.45, 7) is 2.38. The van der Waals surface area contributed by atoms with E-state index in [0.717, 1.165) is 37.2 Å². The Bertz CT molecular complexity index is 590. The van der Waals surface area contributed by atoms with Crippen LogP contribution in [-0.4, -0.2) is 11.1 Å². The number of carboxylic acids is 1. The van der Waals surface area contributed by atoms with Gasteiger partial charge in [0.2, 0.25) is 0 Å². The highest BCUT2D eigenvalue weighted by Gasteiger charge is 2.61. The highest BCUT2D eigenvalue weighted by molar-refractivity contribution is 5.69. The number of halogens is 1. The van der Waals surface area contributed by atoms with E-state index in [0.29, 0.717) is 17.3 Å². The molecule has 4 aliphatic rings. The summed E-state index contributed by atoms with van der Waals surface area (Å²) in [5, 5.41) is 9.57. The Kier molecular flexibility index (Phi) is 2.95. The molecule has 4 aliphatic carbocycles. The lowest BCUT2D eigenvalue weighted by Gasteiger charge is -2.65. The molecule has 2 atom stereocenters. The van der Waals surface area contributed by atoms with Gasteiger partial charge in [-0.1, -0.05) is 19.1 Å². The van der Waals surface area contributed by atoms with Crippen molar-refractivity contribution < 1.29 is 14.3 Å². The molecule has 2 nitrogen and oxygen atoms in total. The van der Waals surface area contributed by atoms with Crippen molar-refractivity contribution >= 4 is 5.97 Å². The van der Waals surface area contributed by atoms with Gasteiger partial charge in [0, 0.05) is 5.41 Å². The molecular weight excluding hydrogens is 279 g/mol. The van der Waals surface area contributed by atoms with Crippen LogP contribution in [0.15, 0.2) is 24.3 Å². The lowest BCUT2D eigenvalue weighted by molar-refractivity contribution is -0.149. The van der Waals surface area contributed by atoms with E-state index in [1.54, 1.807) is 0 Å². The molecule has 4 bridgehead atoms. The number of carbonyl (C=O) groups is 1. The molecule has 1 aromatic rings. The van der Waals surface area contributed by atoms with E-state index in [2.05, 4.69) is 6.92 Å². The van der Waals surface area contributed by atoms with E-state index in [4.69, 9.17) is 0 Å². The molecule has 22 heavy (non-hydrogen) atoms. The molecule has 2 unspecified atom stereocenters. The Hall–Kier alpha value is -1.38. The summed E-state index contributed by atoms with van der Waals surface area (Å²) in [6.07, 6.45) is 6.06. The Morgan fingerprint density at radius 3 is 2.27 bits per heavy atom. The van der Waals surface area contributed by atoms with Crippen molar-refractivity contribution in [2.24, 2.45) is 23.2 Å². The predicted molar refractivity (Wildman–Crippen MR) is 82.0 cm³/mol. The van der Waals surface area contributed by atoms with Crippen molar-refractivity contribution in [3.63, 3.8) is 0 Å². The van der Waals surface area contributed by atoms with Crippen LogP contribution in [0.1, 0.15) is 51.0 Å². The number of hydrogen-bond donors (Lipinski definition) is 1. The van der Waals surface area contributed by atoms with Crippen molar-refractivity contribution in [2.75, 3.05) is 0 Å². The van der Waals surface area contributed by atoms with Gasteiger partial charge in [0.1, 0.15) is 5.82 Å². The van der Waals surface area contributed by atoms with E-state index < -0.39 is 5.97 Å². The third kappa shape index (κ3) is 1.94. The first-order valence-corrected chi connectivity index (χ1v) is 8.39. The largest absolute Gasteiger partial charge is 0.481 e. The summed E-state index contributed by atoms with van der Waals surface area (Å²) in [4.78, 5) is 11.6. The summed E-state index contributed by atoms with van der Waals surface area (Å²) < 4.78 is 13.3. The van der Waals surface area contributed by atoms with Gasteiger partial charge in [-0.15, -0.1) is 0 Å². The Morgan fingerprint density at radius 2 is 1.77 bits per heavy atom. The van der Waals surface area contributed by atoms with Gasteiger partial charge >= 0.3 is 5.97 Å². The fraction of sp³-hybridized carbons (Fsp3) is 0.632. The predicted octanol–water partition coefficient (Wildman–Crippen LogP) is 4.38. The maximum absolute atomic E-state index is 13.3. The van der Waals surface area contributed by atoms with Crippen molar-refractivity contribution in [1.29, 1.82) is 0 Å². The molecule has 0 aliphatic heterocycles. The summed E-state index contributed by atoms with van der Waals surface area (Å²) in [7, 11) is 0. The quantitative estimate of drug-likeness (QED) is 0.899. The smallest absolute Gasteiger partial charge is 0.304 e. The molecule has 0 saturated heterocycles. The molecule has 0 radical (unpaired) electrons. The molecule has 1 aromatic carbocycles. The number of aliphatic carboxylic acids is 1. The molecule has 118 valence electrons. The normalized spacial score (nSPS) is 42.5. The Morgan fingerprint density at radius 1 is 1.18 bits per heavy atom. The van der Waals surface area contributed by atoms with Crippen LogP contribution in [0, 0.1) is 29.0 Å². The minimum atomic E-state index is -0.720. The Labute approximate surface area is 130 Å². The zero-order valence-corrected chi connectivity index (χ0v) is 13.0. The zero-order chi connectivity index (χ0) is 15.5. The van der Waals surface area contributed by atoms with Gasteiger partial charge in [-0.3, -0.25) is 4.79 Å². The first-order chi connectivity index (χ1) is 10.4. The van der Waals surface area contributed by atoms with Gasteiger partial charge < -0.3 is 5.11 Å². The van der Waals surface area contributed by atoms with Gasteiger partial charge in [-0.05, 0) is 73.0 Å². The zero-order valence-electron chi connectivity index (χ0n) is 13.0. The van der Waals surface area contributed by atoms with Gasteiger partial charge in [0.05, 0.1) is 6.42 Å². The van der Waals surface area contributed by atoms with Gasteiger partial charge in [-0.2, -0.15) is 0 Å². The maximum atomic E-state index is 13.3. The molecule has 0 aromatic heterocycles. The molecule has 0 amide bonds. The second-order valence-electron chi connectivity index (χ2n) is 8.27. The molecule has 1 N–H and O–H groups in total. The van der Waals surface area contributed by atoms with Crippen LogP contribution >= 0.6 is 0 Å². The summed E-state index contributed by atoms with van der Waals surface area (Å²) in [5.74, 6) is 0.674. The van der Waals surface area contributed by atoms with Crippen molar-refractivity contribution in [3.8, 4) is 0 Å². The maximum Gasteiger partial charge on any atom is 0.304 e. The van der Waals surface area contributed by atoms with Crippen LogP contribution in [0.3, 0.4) is 0 Å². The average Bonchev–Trinajstić information content (AvgIpc) is 2.42. The van der Waals surface area contributed by atoms with Crippen LogP contribution in [0.4, 0.5) is 4.39 Å². The van der Waals surface area contributed by atoms with Crippen LogP contribution < -0.4 is 0 Å². The van der Waals surface area contributed by atoms with Crippen molar-refractivity contribution in [3.05, 3.63) is 35.6 Å². The standard InChI is InChI=1S/C19H23FO2/c1-18-8-12-6-14(9-18)19(11-17(21)22,15(7-12)10-18)13-2-4-16(20)5-3-13/h2-5,12,14-15H,6-11H2,1H3,(H,21,22)/t12?,14?,15?,18-,19-. The van der Waals surface area contributed by atoms with Crippen LogP contribution in [0.25, 0.3) is 0 Å². The van der Waals surface area contributed by atoms with E-state index in [9.17, 15) is 14.3 Å². The first-order valence-electron chi connectivity index (χ1n) is 8.39. The first kappa shape index (κ1) is 14.2. The fourth-order valence-electron chi connectivity index (χ4n) is 6.36. The van der Waals surface area contributed by atoms with E-state index in [1.807, 2.05) is 12.1 Å². The topological polar surface area (TPSA) is 37.3 Å². The van der Waals surface area contributed by atoms with Gasteiger partial charge in [-0.25, -0.2) is 4.39 Å². The average molecular weight is 302 g/mol. The SMILES string of the molecule is C[C@]12CC3CC(C1)[C@](CC(=O)O)(c1ccc(F)cc1)C(C3)C2. The van der Waals surface area contributed by atoms with Crippen molar-refractivity contribution in [2.45, 2.75) is 50.9 Å². The third-order valence-electron chi connectivity index (χ3n) is 6.78. The lowest BCUT2D eigenvalue weighted by atomic mass is 9.39. The molecular formula is C19H23FO2. The van der Waals surface area contributed by atoms with E-state index in [-0.39, 0.29) is 17.7 Å². The minimum Gasteiger partial charge on any atom is -0.481 e. The molecule has 0 heterocycles. The van der Waals surface area contributed by atoms with Gasteiger partial charge in [0.25, 0.3) is 0 Å². The molecule has 3 heteroatoms. The summed E-state index contributed by atoms with van der Waals surface area (Å²) in [5.41, 5.74) is 1.17. The molecule has 0 spiro atoms. The van der Waals surface area contributed by atoms with E-state index in [1.165, 1.54) is 18.6 Å². The minimum absolute atomic E-state index is 0.191. The summed E-state index contributed by atoms with van der Waals surface area (Å²) >= 11 is 0. The summed E-state index contributed by atoms with van der Waals surface area (Å²) in [6, 6.07) is 6.66.